The average molecular weight is 288 g/mol. The lowest BCUT2D eigenvalue weighted by atomic mass is 9.82. The predicted octanol–water partition coefficient (Wildman–Crippen LogP) is -1.39. The molecule has 1 aliphatic rings. The first-order valence-electron chi connectivity index (χ1n) is 7.83. The molecule has 1 saturated carbocycles. The van der Waals surface area contributed by atoms with Gasteiger partial charge in [0, 0.05) is 26.2 Å². The van der Waals surface area contributed by atoms with Gasteiger partial charge in [-0.3, -0.25) is 0 Å². The van der Waals surface area contributed by atoms with Gasteiger partial charge >= 0.3 is 0 Å². The minimum Gasteiger partial charge on any atom is -0.390 e. The Morgan fingerprint density at radius 3 is 1.45 bits per heavy atom. The van der Waals surface area contributed by atoms with Crippen LogP contribution in [0.25, 0.3) is 0 Å². The summed E-state index contributed by atoms with van der Waals surface area (Å²) in [6, 6.07) is 0. The minimum absolute atomic E-state index is 0.320. The number of aliphatic hydroxyl groups excluding tert-OH is 2. The summed E-state index contributed by atoms with van der Waals surface area (Å²) in [4.78, 5) is 0. The highest BCUT2D eigenvalue weighted by molar-refractivity contribution is 4.76. The van der Waals surface area contributed by atoms with Crippen LogP contribution in [0.2, 0.25) is 0 Å². The zero-order valence-corrected chi connectivity index (χ0v) is 12.4. The molecule has 0 aromatic carbocycles. The van der Waals surface area contributed by atoms with Crippen molar-refractivity contribution in [3.8, 4) is 0 Å². The topological polar surface area (TPSA) is 117 Å². The molecule has 20 heavy (non-hydrogen) atoms. The van der Waals surface area contributed by atoms with Gasteiger partial charge in [0.15, 0.2) is 0 Å². The Labute approximate surface area is 122 Å². The first kappa shape index (κ1) is 17.8. The Bertz CT molecular complexity index is 211. The van der Waals surface area contributed by atoms with Crippen LogP contribution < -0.4 is 22.1 Å². The van der Waals surface area contributed by atoms with E-state index in [-0.39, 0.29) is 0 Å². The molecule has 0 aliphatic heterocycles. The lowest BCUT2D eigenvalue weighted by Gasteiger charge is -2.29. The number of nitrogens with one attached hydrogen (secondary N) is 2. The van der Waals surface area contributed by atoms with Crippen molar-refractivity contribution in [2.45, 2.75) is 37.9 Å². The predicted molar refractivity (Wildman–Crippen MR) is 81.3 cm³/mol. The van der Waals surface area contributed by atoms with Gasteiger partial charge in [-0.2, -0.15) is 0 Å². The first-order chi connectivity index (χ1) is 9.65. The second-order valence-corrected chi connectivity index (χ2v) is 5.98. The maximum absolute atomic E-state index is 9.37. The van der Waals surface area contributed by atoms with Crippen LogP contribution in [-0.2, 0) is 0 Å². The molecule has 0 aromatic rings. The van der Waals surface area contributed by atoms with E-state index in [0.717, 1.165) is 13.1 Å². The maximum atomic E-state index is 9.37. The molecule has 0 bridgehead atoms. The fourth-order valence-corrected chi connectivity index (χ4v) is 2.71. The van der Waals surface area contributed by atoms with E-state index in [1.54, 1.807) is 0 Å². The van der Waals surface area contributed by atoms with Gasteiger partial charge < -0.3 is 32.3 Å². The molecule has 0 heterocycles. The summed E-state index contributed by atoms with van der Waals surface area (Å²) in [5, 5.41) is 25.3. The first-order valence-corrected chi connectivity index (χ1v) is 7.83. The van der Waals surface area contributed by atoms with Crippen LogP contribution >= 0.6 is 0 Å². The number of nitrogens with two attached hydrogens (primary N) is 2. The molecule has 2 atom stereocenters. The van der Waals surface area contributed by atoms with E-state index in [0.29, 0.717) is 38.0 Å². The molecule has 120 valence electrons. The minimum atomic E-state index is -0.426. The van der Waals surface area contributed by atoms with Crippen molar-refractivity contribution in [1.82, 2.24) is 10.6 Å². The molecule has 8 N–H and O–H groups in total. The third kappa shape index (κ3) is 7.52. The van der Waals surface area contributed by atoms with Crippen LogP contribution in [0.5, 0.6) is 0 Å². The molecule has 1 fully saturated rings. The van der Waals surface area contributed by atoms with E-state index < -0.39 is 12.2 Å². The molecular formula is C14H32N4O2. The Morgan fingerprint density at radius 1 is 0.800 bits per heavy atom. The SMILES string of the molecule is NCC(O)CNCC1CCC(CNCC(O)CN)CC1. The lowest BCUT2D eigenvalue weighted by molar-refractivity contribution is 0.168. The smallest absolute Gasteiger partial charge is 0.0786 e. The van der Waals surface area contributed by atoms with Crippen molar-refractivity contribution in [2.75, 3.05) is 39.3 Å². The summed E-state index contributed by atoms with van der Waals surface area (Å²) >= 11 is 0. The summed E-state index contributed by atoms with van der Waals surface area (Å²) in [6.45, 7) is 3.77. The second kappa shape index (κ2) is 10.5. The van der Waals surface area contributed by atoms with Crippen LogP contribution in [-0.4, -0.2) is 61.7 Å². The molecule has 6 heteroatoms. The summed E-state index contributed by atoms with van der Waals surface area (Å²) < 4.78 is 0. The number of rotatable bonds is 10. The van der Waals surface area contributed by atoms with E-state index in [9.17, 15) is 10.2 Å². The van der Waals surface area contributed by atoms with Crippen LogP contribution in [0.4, 0.5) is 0 Å². The molecule has 1 rings (SSSR count). The lowest BCUT2D eigenvalue weighted by Crippen LogP contribution is -2.38. The summed E-state index contributed by atoms with van der Waals surface area (Å²) in [5.74, 6) is 1.43. The highest BCUT2D eigenvalue weighted by Gasteiger charge is 2.20. The van der Waals surface area contributed by atoms with Gasteiger partial charge in [-0.05, 0) is 50.6 Å². The van der Waals surface area contributed by atoms with E-state index >= 15 is 0 Å². The van der Waals surface area contributed by atoms with Crippen molar-refractivity contribution in [2.24, 2.45) is 23.3 Å². The highest BCUT2D eigenvalue weighted by atomic mass is 16.3. The molecule has 0 radical (unpaired) electrons. The van der Waals surface area contributed by atoms with Crippen LogP contribution in [0.1, 0.15) is 25.7 Å². The van der Waals surface area contributed by atoms with Gasteiger partial charge in [0.2, 0.25) is 0 Å². The quantitative estimate of drug-likeness (QED) is 0.295. The largest absolute Gasteiger partial charge is 0.390 e. The average Bonchev–Trinajstić information content (AvgIpc) is 2.48. The zero-order chi connectivity index (χ0) is 14.8. The van der Waals surface area contributed by atoms with Crippen molar-refractivity contribution in [3.63, 3.8) is 0 Å². The standard InChI is InChI=1S/C14H32N4O2/c15-5-13(19)9-17-7-11-1-2-12(4-3-11)8-18-10-14(20)6-16/h11-14,17-20H,1-10,15-16H2. The molecule has 0 saturated heterocycles. The third-order valence-electron chi connectivity index (χ3n) is 4.14. The summed E-state index contributed by atoms with van der Waals surface area (Å²) in [7, 11) is 0. The normalized spacial score (nSPS) is 26.4. The molecular weight excluding hydrogens is 256 g/mol. The summed E-state index contributed by atoms with van der Waals surface area (Å²) in [6.07, 6.45) is 4.08. The zero-order valence-electron chi connectivity index (χ0n) is 12.4. The molecule has 2 unspecified atom stereocenters. The van der Waals surface area contributed by atoms with Gasteiger partial charge in [0.25, 0.3) is 0 Å². The van der Waals surface area contributed by atoms with Crippen LogP contribution in [0.15, 0.2) is 0 Å². The van der Waals surface area contributed by atoms with Crippen LogP contribution in [0, 0.1) is 11.8 Å². The number of hydrogen-bond acceptors (Lipinski definition) is 6. The summed E-state index contributed by atoms with van der Waals surface area (Å²) in [5.41, 5.74) is 10.7. The molecule has 0 amide bonds. The fraction of sp³-hybridized carbons (Fsp3) is 1.00. The van der Waals surface area contributed by atoms with Gasteiger partial charge in [-0.15, -0.1) is 0 Å². The molecule has 0 aromatic heterocycles. The van der Waals surface area contributed by atoms with Crippen LogP contribution in [0.3, 0.4) is 0 Å². The van der Waals surface area contributed by atoms with E-state index in [4.69, 9.17) is 11.5 Å². The fourth-order valence-electron chi connectivity index (χ4n) is 2.71. The monoisotopic (exact) mass is 288 g/mol. The van der Waals surface area contributed by atoms with Gasteiger partial charge in [0.1, 0.15) is 0 Å². The Morgan fingerprint density at radius 2 is 1.15 bits per heavy atom. The van der Waals surface area contributed by atoms with Gasteiger partial charge in [0.05, 0.1) is 12.2 Å². The Kier molecular flexibility index (Phi) is 9.33. The van der Waals surface area contributed by atoms with Gasteiger partial charge in [-0.25, -0.2) is 0 Å². The molecule has 0 spiro atoms. The van der Waals surface area contributed by atoms with Gasteiger partial charge in [-0.1, -0.05) is 0 Å². The maximum Gasteiger partial charge on any atom is 0.0786 e. The van der Waals surface area contributed by atoms with E-state index in [1.807, 2.05) is 0 Å². The Balaban J connectivity index is 2.02. The van der Waals surface area contributed by atoms with Crippen molar-refractivity contribution in [3.05, 3.63) is 0 Å². The number of hydrogen-bond donors (Lipinski definition) is 6. The highest BCUT2D eigenvalue weighted by Crippen LogP contribution is 2.27. The second-order valence-electron chi connectivity index (χ2n) is 5.98. The van der Waals surface area contributed by atoms with Crippen molar-refractivity contribution < 1.29 is 10.2 Å². The van der Waals surface area contributed by atoms with Crippen molar-refractivity contribution in [1.29, 1.82) is 0 Å². The van der Waals surface area contributed by atoms with E-state index in [1.165, 1.54) is 25.7 Å². The Hall–Kier alpha value is -0.240. The molecule has 6 nitrogen and oxygen atoms in total. The number of aliphatic hydroxyl groups is 2. The van der Waals surface area contributed by atoms with Crippen molar-refractivity contribution >= 4 is 0 Å². The van der Waals surface area contributed by atoms with E-state index in [2.05, 4.69) is 10.6 Å². The molecule has 1 aliphatic carbocycles. The third-order valence-corrected chi connectivity index (χ3v) is 4.14.